The topological polar surface area (TPSA) is 50.0 Å². The minimum Gasteiger partial charge on any atom is -0.497 e. The molecule has 2 aromatic rings. The zero-order valence-electron chi connectivity index (χ0n) is 14.9. The summed E-state index contributed by atoms with van der Waals surface area (Å²) in [7, 11) is 5.49. The van der Waals surface area contributed by atoms with Crippen molar-refractivity contribution in [3.05, 3.63) is 53.0 Å². The molecule has 132 valence electrons. The van der Waals surface area contributed by atoms with E-state index in [1.807, 2.05) is 33.0 Å². The fourth-order valence-electron chi connectivity index (χ4n) is 2.50. The third-order valence-electron chi connectivity index (χ3n) is 3.73. The number of guanidine groups is 1. The first-order chi connectivity index (χ1) is 11.0. The Morgan fingerprint density at radius 2 is 1.92 bits per heavy atom. The van der Waals surface area contributed by atoms with E-state index in [1.165, 1.54) is 5.56 Å². The molecule has 0 aliphatic carbocycles. The number of aryl methyl sites for hydroxylation is 2. The second kappa shape index (κ2) is 9.56. The number of methoxy groups -OCH3 is 1. The van der Waals surface area contributed by atoms with Crippen LogP contribution in [-0.2, 0) is 13.1 Å². The van der Waals surface area contributed by atoms with Crippen molar-refractivity contribution in [2.45, 2.75) is 26.9 Å². The SMILES string of the molecule is CN=C(NCc1cc(C)oc1C)N(C)Cc1ccc(OC)cc1.I. The van der Waals surface area contributed by atoms with Crippen LogP contribution in [0.15, 0.2) is 39.7 Å². The molecule has 1 aromatic heterocycles. The quantitative estimate of drug-likeness (QED) is 0.435. The Morgan fingerprint density at radius 1 is 1.25 bits per heavy atom. The van der Waals surface area contributed by atoms with Gasteiger partial charge in [0.1, 0.15) is 17.3 Å². The van der Waals surface area contributed by atoms with E-state index in [-0.39, 0.29) is 24.0 Å². The van der Waals surface area contributed by atoms with Gasteiger partial charge in [0.05, 0.1) is 7.11 Å². The van der Waals surface area contributed by atoms with Gasteiger partial charge in [-0.2, -0.15) is 0 Å². The van der Waals surface area contributed by atoms with Gasteiger partial charge in [0.25, 0.3) is 0 Å². The molecule has 24 heavy (non-hydrogen) atoms. The molecule has 0 unspecified atom stereocenters. The highest BCUT2D eigenvalue weighted by Gasteiger charge is 2.09. The maximum atomic E-state index is 5.55. The average molecular weight is 443 g/mol. The van der Waals surface area contributed by atoms with Gasteiger partial charge in [-0.05, 0) is 37.6 Å². The highest BCUT2D eigenvalue weighted by atomic mass is 127. The fourth-order valence-corrected chi connectivity index (χ4v) is 2.50. The van der Waals surface area contributed by atoms with E-state index in [0.717, 1.165) is 35.3 Å². The monoisotopic (exact) mass is 443 g/mol. The van der Waals surface area contributed by atoms with Gasteiger partial charge in [0, 0.05) is 32.7 Å². The number of nitrogens with one attached hydrogen (secondary N) is 1. The average Bonchev–Trinajstić information content (AvgIpc) is 2.86. The first-order valence-corrected chi connectivity index (χ1v) is 7.64. The second-order valence-corrected chi connectivity index (χ2v) is 5.54. The molecule has 0 atom stereocenters. The van der Waals surface area contributed by atoms with Crippen molar-refractivity contribution >= 4 is 29.9 Å². The number of rotatable bonds is 5. The predicted octanol–water partition coefficient (Wildman–Crippen LogP) is 3.73. The van der Waals surface area contributed by atoms with E-state index in [2.05, 4.69) is 33.4 Å². The van der Waals surface area contributed by atoms with Crippen molar-refractivity contribution in [3.63, 3.8) is 0 Å². The standard InChI is InChI=1S/C18H25N3O2.HI/c1-13-10-16(14(2)23-13)11-20-18(19-3)21(4)12-15-6-8-17(22-5)9-7-15;/h6-10H,11-12H2,1-5H3,(H,19,20);1H. The highest BCUT2D eigenvalue weighted by Crippen LogP contribution is 2.14. The van der Waals surface area contributed by atoms with Crippen molar-refractivity contribution in [1.29, 1.82) is 0 Å². The maximum Gasteiger partial charge on any atom is 0.193 e. The summed E-state index contributed by atoms with van der Waals surface area (Å²) in [6.07, 6.45) is 0. The molecule has 0 saturated carbocycles. The van der Waals surface area contributed by atoms with Crippen molar-refractivity contribution in [1.82, 2.24) is 10.2 Å². The van der Waals surface area contributed by atoms with E-state index < -0.39 is 0 Å². The van der Waals surface area contributed by atoms with E-state index >= 15 is 0 Å². The number of furan rings is 1. The third-order valence-corrected chi connectivity index (χ3v) is 3.73. The molecule has 1 aromatic carbocycles. The molecule has 0 aliphatic heterocycles. The van der Waals surface area contributed by atoms with Crippen LogP contribution in [-0.4, -0.2) is 32.1 Å². The summed E-state index contributed by atoms with van der Waals surface area (Å²) in [5.74, 6) is 3.59. The van der Waals surface area contributed by atoms with Crippen molar-refractivity contribution in [2.24, 2.45) is 4.99 Å². The Bertz CT molecular complexity index is 665. The summed E-state index contributed by atoms with van der Waals surface area (Å²) >= 11 is 0. The summed E-state index contributed by atoms with van der Waals surface area (Å²) in [6.45, 7) is 5.41. The Balaban J connectivity index is 0.00000288. The number of hydrogen-bond acceptors (Lipinski definition) is 3. The molecule has 0 bridgehead atoms. The number of ether oxygens (including phenoxy) is 1. The van der Waals surface area contributed by atoms with Crippen LogP contribution in [0.5, 0.6) is 5.75 Å². The molecule has 0 radical (unpaired) electrons. The van der Waals surface area contributed by atoms with Gasteiger partial charge in [-0.3, -0.25) is 4.99 Å². The lowest BCUT2D eigenvalue weighted by atomic mass is 10.2. The van der Waals surface area contributed by atoms with Gasteiger partial charge < -0.3 is 19.4 Å². The lowest BCUT2D eigenvalue weighted by Gasteiger charge is -2.22. The van der Waals surface area contributed by atoms with Gasteiger partial charge in [0.2, 0.25) is 0 Å². The van der Waals surface area contributed by atoms with Crippen molar-refractivity contribution < 1.29 is 9.15 Å². The molecule has 0 aliphatic rings. The van der Waals surface area contributed by atoms with Crippen LogP contribution in [0, 0.1) is 13.8 Å². The molecular formula is C18H26IN3O2. The summed E-state index contributed by atoms with van der Waals surface area (Å²) in [4.78, 5) is 6.43. The van der Waals surface area contributed by atoms with Crippen LogP contribution in [0.4, 0.5) is 0 Å². The summed E-state index contributed by atoms with van der Waals surface area (Å²) in [5, 5.41) is 3.37. The van der Waals surface area contributed by atoms with Crippen LogP contribution >= 0.6 is 24.0 Å². The Hall–Kier alpha value is -1.70. The molecule has 1 heterocycles. The summed E-state index contributed by atoms with van der Waals surface area (Å²) in [6, 6.07) is 10.1. The lowest BCUT2D eigenvalue weighted by molar-refractivity contribution is 0.414. The van der Waals surface area contributed by atoms with Gasteiger partial charge >= 0.3 is 0 Å². The molecule has 0 fully saturated rings. The van der Waals surface area contributed by atoms with Crippen molar-refractivity contribution in [2.75, 3.05) is 21.2 Å². The van der Waals surface area contributed by atoms with Crippen LogP contribution in [0.1, 0.15) is 22.6 Å². The van der Waals surface area contributed by atoms with Crippen molar-refractivity contribution in [3.8, 4) is 5.75 Å². The van der Waals surface area contributed by atoms with Crippen LogP contribution < -0.4 is 10.1 Å². The maximum absolute atomic E-state index is 5.55. The number of hydrogen-bond donors (Lipinski definition) is 1. The summed E-state index contributed by atoms with van der Waals surface area (Å²) in [5.41, 5.74) is 2.35. The Morgan fingerprint density at radius 3 is 2.42 bits per heavy atom. The smallest absolute Gasteiger partial charge is 0.193 e. The van der Waals surface area contributed by atoms with Crippen LogP contribution in [0.2, 0.25) is 0 Å². The molecule has 0 amide bonds. The van der Waals surface area contributed by atoms with E-state index in [9.17, 15) is 0 Å². The molecule has 0 saturated heterocycles. The predicted molar refractivity (Wildman–Crippen MR) is 108 cm³/mol. The lowest BCUT2D eigenvalue weighted by Crippen LogP contribution is -2.38. The zero-order chi connectivity index (χ0) is 16.8. The molecule has 6 heteroatoms. The first kappa shape index (κ1) is 20.3. The fraction of sp³-hybridized carbons (Fsp3) is 0.389. The number of aliphatic imine (C=N–C) groups is 1. The van der Waals surface area contributed by atoms with Gasteiger partial charge in [-0.1, -0.05) is 12.1 Å². The zero-order valence-corrected chi connectivity index (χ0v) is 17.3. The van der Waals surface area contributed by atoms with E-state index in [0.29, 0.717) is 6.54 Å². The molecule has 2 rings (SSSR count). The Labute approximate surface area is 161 Å². The molecule has 0 spiro atoms. The largest absolute Gasteiger partial charge is 0.497 e. The number of nitrogens with zero attached hydrogens (tertiary/aromatic N) is 2. The minimum absolute atomic E-state index is 0. The van der Waals surface area contributed by atoms with Gasteiger partial charge in [-0.15, -0.1) is 24.0 Å². The second-order valence-electron chi connectivity index (χ2n) is 5.54. The van der Waals surface area contributed by atoms with E-state index in [4.69, 9.17) is 9.15 Å². The third kappa shape index (κ3) is 5.43. The molecule has 1 N–H and O–H groups in total. The summed E-state index contributed by atoms with van der Waals surface area (Å²) < 4.78 is 10.7. The van der Waals surface area contributed by atoms with Gasteiger partial charge in [-0.25, -0.2) is 0 Å². The van der Waals surface area contributed by atoms with E-state index in [1.54, 1.807) is 14.2 Å². The van der Waals surface area contributed by atoms with Crippen LogP contribution in [0.3, 0.4) is 0 Å². The van der Waals surface area contributed by atoms with Crippen LogP contribution in [0.25, 0.3) is 0 Å². The highest BCUT2D eigenvalue weighted by molar-refractivity contribution is 14.0. The Kier molecular flexibility index (Phi) is 8.10. The first-order valence-electron chi connectivity index (χ1n) is 7.64. The normalized spacial score (nSPS) is 11.0. The minimum atomic E-state index is 0. The molecular weight excluding hydrogens is 417 g/mol. The molecule has 5 nitrogen and oxygen atoms in total. The number of halogens is 1. The number of benzene rings is 1. The van der Waals surface area contributed by atoms with Gasteiger partial charge in [0.15, 0.2) is 5.96 Å².